The topological polar surface area (TPSA) is 38.3 Å². The average Bonchev–Trinajstić information content (AvgIpc) is 2.09. The van der Waals surface area contributed by atoms with Gasteiger partial charge in [0, 0.05) is 6.54 Å². The van der Waals surface area contributed by atoms with Crippen LogP contribution < -0.4 is 5.32 Å². The summed E-state index contributed by atoms with van der Waals surface area (Å²) in [5.41, 5.74) is 0. The van der Waals surface area contributed by atoms with E-state index in [1.807, 2.05) is 6.92 Å². The lowest BCUT2D eigenvalue weighted by Crippen LogP contribution is -2.20. The van der Waals surface area contributed by atoms with Crippen molar-refractivity contribution in [1.82, 2.24) is 5.32 Å². The third kappa shape index (κ3) is 7.54. The Bertz CT molecular complexity index is 115. The molecular weight excluding hydrogens is 154 g/mol. The van der Waals surface area contributed by atoms with Crippen molar-refractivity contribution in [3.05, 3.63) is 0 Å². The van der Waals surface area contributed by atoms with Gasteiger partial charge in [0.2, 0.25) is 0 Å². The second-order valence-electron chi connectivity index (χ2n) is 2.72. The predicted molar refractivity (Wildman–Crippen MR) is 49.0 cm³/mol. The maximum Gasteiger partial charge on any atom is 0.307 e. The van der Waals surface area contributed by atoms with E-state index in [4.69, 9.17) is 4.74 Å². The molecule has 0 amide bonds. The fourth-order valence-electron chi connectivity index (χ4n) is 0.780. The molecule has 0 aromatic carbocycles. The van der Waals surface area contributed by atoms with Gasteiger partial charge in [-0.25, -0.2) is 0 Å². The van der Waals surface area contributed by atoms with Crippen molar-refractivity contribution in [2.75, 3.05) is 19.7 Å². The van der Waals surface area contributed by atoms with Crippen molar-refractivity contribution in [3.8, 4) is 0 Å². The van der Waals surface area contributed by atoms with Crippen LogP contribution in [0.1, 0.15) is 33.1 Å². The van der Waals surface area contributed by atoms with E-state index in [1.54, 1.807) is 0 Å². The van der Waals surface area contributed by atoms with E-state index in [-0.39, 0.29) is 5.97 Å². The number of esters is 1. The first-order valence-electron chi connectivity index (χ1n) is 4.67. The van der Waals surface area contributed by atoms with E-state index in [9.17, 15) is 4.79 Å². The summed E-state index contributed by atoms with van der Waals surface area (Å²) < 4.78 is 4.89. The van der Waals surface area contributed by atoms with Gasteiger partial charge in [-0.2, -0.15) is 0 Å². The van der Waals surface area contributed by atoms with Gasteiger partial charge < -0.3 is 10.1 Å². The highest BCUT2D eigenvalue weighted by atomic mass is 16.5. The molecule has 0 heterocycles. The first-order chi connectivity index (χ1) is 5.81. The van der Waals surface area contributed by atoms with Crippen LogP contribution in [0, 0.1) is 0 Å². The second-order valence-corrected chi connectivity index (χ2v) is 2.72. The van der Waals surface area contributed by atoms with Crippen LogP contribution in [0.5, 0.6) is 0 Å². The SMILES string of the molecule is CCCNCCC(=O)OCCC. The minimum Gasteiger partial charge on any atom is -0.466 e. The fraction of sp³-hybridized carbons (Fsp3) is 0.889. The maximum absolute atomic E-state index is 10.9. The van der Waals surface area contributed by atoms with Gasteiger partial charge in [-0.3, -0.25) is 4.79 Å². The van der Waals surface area contributed by atoms with Crippen molar-refractivity contribution in [3.63, 3.8) is 0 Å². The number of carbonyl (C=O) groups excluding carboxylic acids is 1. The van der Waals surface area contributed by atoms with Crippen molar-refractivity contribution >= 4 is 5.97 Å². The molecule has 0 spiro atoms. The molecule has 0 saturated heterocycles. The van der Waals surface area contributed by atoms with E-state index >= 15 is 0 Å². The number of hydrogen-bond donors (Lipinski definition) is 1. The largest absolute Gasteiger partial charge is 0.466 e. The Morgan fingerprint density at radius 3 is 2.58 bits per heavy atom. The summed E-state index contributed by atoms with van der Waals surface area (Å²) in [6, 6.07) is 0. The van der Waals surface area contributed by atoms with Gasteiger partial charge in [-0.05, 0) is 19.4 Å². The Labute approximate surface area is 74.5 Å². The maximum atomic E-state index is 10.9. The molecule has 0 aromatic heterocycles. The van der Waals surface area contributed by atoms with Crippen LogP contribution in [0.2, 0.25) is 0 Å². The third-order valence-electron chi connectivity index (χ3n) is 1.40. The number of carbonyl (C=O) groups is 1. The zero-order chi connectivity index (χ0) is 9.23. The molecule has 0 aromatic rings. The molecule has 3 nitrogen and oxygen atoms in total. The Hall–Kier alpha value is -0.570. The minimum atomic E-state index is -0.0968. The average molecular weight is 173 g/mol. The lowest BCUT2D eigenvalue weighted by Gasteiger charge is -2.03. The molecule has 0 unspecified atom stereocenters. The van der Waals surface area contributed by atoms with Crippen LogP contribution in [0.4, 0.5) is 0 Å². The fourth-order valence-corrected chi connectivity index (χ4v) is 0.780. The molecule has 3 heteroatoms. The third-order valence-corrected chi connectivity index (χ3v) is 1.40. The highest BCUT2D eigenvalue weighted by Gasteiger charge is 1.99. The number of rotatable bonds is 7. The van der Waals surface area contributed by atoms with Crippen LogP contribution in [-0.4, -0.2) is 25.7 Å². The zero-order valence-corrected chi connectivity index (χ0v) is 8.06. The minimum absolute atomic E-state index is 0.0968. The molecule has 0 aliphatic heterocycles. The Kier molecular flexibility index (Phi) is 8.12. The van der Waals surface area contributed by atoms with E-state index in [2.05, 4.69) is 12.2 Å². The highest BCUT2D eigenvalue weighted by Crippen LogP contribution is 1.87. The lowest BCUT2D eigenvalue weighted by molar-refractivity contribution is -0.143. The standard InChI is InChI=1S/C9H19NO2/c1-3-6-10-7-5-9(11)12-8-4-2/h10H,3-8H2,1-2H3. The summed E-state index contributed by atoms with van der Waals surface area (Å²) in [5, 5.41) is 3.14. The van der Waals surface area contributed by atoms with Gasteiger partial charge in [-0.15, -0.1) is 0 Å². The van der Waals surface area contributed by atoms with Gasteiger partial charge in [0.05, 0.1) is 13.0 Å². The van der Waals surface area contributed by atoms with Crippen molar-refractivity contribution in [2.45, 2.75) is 33.1 Å². The number of ether oxygens (including phenoxy) is 1. The molecule has 0 bridgehead atoms. The quantitative estimate of drug-likeness (QED) is 0.466. The normalized spacial score (nSPS) is 9.83. The molecule has 12 heavy (non-hydrogen) atoms. The Morgan fingerprint density at radius 2 is 2.00 bits per heavy atom. The van der Waals surface area contributed by atoms with E-state index < -0.39 is 0 Å². The first-order valence-corrected chi connectivity index (χ1v) is 4.67. The van der Waals surface area contributed by atoms with Gasteiger partial charge >= 0.3 is 5.97 Å². The van der Waals surface area contributed by atoms with Crippen LogP contribution in [-0.2, 0) is 9.53 Å². The first kappa shape index (κ1) is 11.4. The van der Waals surface area contributed by atoms with E-state index in [0.29, 0.717) is 13.0 Å². The highest BCUT2D eigenvalue weighted by molar-refractivity contribution is 5.69. The summed E-state index contributed by atoms with van der Waals surface area (Å²) in [6.45, 7) is 6.34. The lowest BCUT2D eigenvalue weighted by atomic mass is 10.4. The predicted octanol–water partition coefficient (Wildman–Crippen LogP) is 1.33. The van der Waals surface area contributed by atoms with E-state index in [0.717, 1.165) is 25.9 Å². The summed E-state index contributed by atoms with van der Waals surface area (Å²) >= 11 is 0. The summed E-state index contributed by atoms with van der Waals surface area (Å²) in [7, 11) is 0. The van der Waals surface area contributed by atoms with Crippen LogP contribution >= 0.6 is 0 Å². The van der Waals surface area contributed by atoms with Crippen molar-refractivity contribution in [2.24, 2.45) is 0 Å². The molecule has 0 aliphatic rings. The molecule has 0 rings (SSSR count). The monoisotopic (exact) mass is 173 g/mol. The molecule has 0 aliphatic carbocycles. The summed E-state index contributed by atoms with van der Waals surface area (Å²) in [5.74, 6) is -0.0968. The second kappa shape index (κ2) is 8.53. The van der Waals surface area contributed by atoms with Gasteiger partial charge in [-0.1, -0.05) is 13.8 Å². The van der Waals surface area contributed by atoms with Crippen LogP contribution in [0.15, 0.2) is 0 Å². The Morgan fingerprint density at radius 1 is 1.25 bits per heavy atom. The summed E-state index contributed by atoms with van der Waals surface area (Å²) in [6.07, 6.45) is 2.48. The molecule has 0 radical (unpaired) electrons. The molecule has 1 N–H and O–H groups in total. The summed E-state index contributed by atoms with van der Waals surface area (Å²) in [4.78, 5) is 10.9. The van der Waals surface area contributed by atoms with Crippen LogP contribution in [0.3, 0.4) is 0 Å². The van der Waals surface area contributed by atoms with Gasteiger partial charge in [0.1, 0.15) is 0 Å². The molecular formula is C9H19NO2. The van der Waals surface area contributed by atoms with Crippen molar-refractivity contribution < 1.29 is 9.53 Å². The molecule has 0 atom stereocenters. The molecule has 0 fully saturated rings. The van der Waals surface area contributed by atoms with Crippen LogP contribution in [0.25, 0.3) is 0 Å². The van der Waals surface area contributed by atoms with Gasteiger partial charge in [0.25, 0.3) is 0 Å². The van der Waals surface area contributed by atoms with E-state index in [1.165, 1.54) is 0 Å². The number of hydrogen-bond acceptors (Lipinski definition) is 3. The van der Waals surface area contributed by atoms with Crippen molar-refractivity contribution in [1.29, 1.82) is 0 Å². The van der Waals surface area contributed by atoms with Gasteiger partial charge in [0.15, 0.2) is 0 Å². The zero-order valence-electron chi connectivity index (χ0n) is 8.06. The molecule has 72 valence electrons. The number of nitrogens with one attached hydrogen (secondary N) is 1. The smallest absolute Gasteiger partial charge is 0.307 e. The molecule has 0 saturated carbocycles. The Balaban J connectivity index is 3.08.